The van der Waals surface area contributed by atoms with Crippen LogP contribution in [0.25, 0.3) is 0 Å². The van der Waals surface area contributed by atoms with Crippen LogP contribution in [-0.2, 0) is 17.1 Å². The molecule has 0 radical (unpaired) electrons. The van der Waals surface area contributed by atoms with Crippen molar-refractivity contribution in [3.05, 3.63) is 47.5 Å². The SMILES string of the molecule is Cn1cc(S(=O)(=O)N[C@@H]2CCC[C@@H](NC(=O)c3cc(F)cc(C#N)c3)C2)cn1. The first kappa shape index (κ1) is 20.0. The quantitative estimate of drug-likeness (QED) is 0.781. The van der Waals surface area contributed by atoms with Gasteiger partial charge in [0.15, 0.2) is 0 Å². The van der Waals surface area contributed by atoms with E-state index < -0.39 is 21.7 Å². The van der Waals surface area contributed by atoms with Crippen molar-refractivity contribution in [3.8, 4) is 6.07 Å². The molecule has 2 aromatic rings. The van der Waals surface area contributed by atoms with Crippen molar-refractivity contribution in [2.75, 3.05) is 0 Å². The van der Waals surface area contributed by atoms with Crippen molar-refractivity contribution in [2.45, 2.75) is 42.7 Å². The van der Waals surface area contributed by atoms with Crippen molar-refractivity contribution in [2.24, 2.45) is 7.05 Å². The predicted molar refractivity (Wildman–Crippen MR) is 98.2 cm³/mol. The molecule has 10 heteroatoms. The molecule has 148 valence electrons. The summed E-state index contributed by atoms with van der Waals surface area (Å²) in [5, 5.41) is 15.6. The van der Waals surface area contributed by atoms with E-state index in [-0.39, 0.29) is 28.1 Å². The summed E-state index contributed by atoms with van der Waals surface area (Å²) in [6, 6.07) is 4.68. The van der Waals surface area contributed by atoms with Crippen molar-refractivity contribution >= 4 is 15.9 Å². The number of hydrogen-bond acceptors (Lipinski definition) is 5. The number of hydrogen-bond donors (Lipinski definition) is 2. The topological polar surface area (TPSA) is 117 Å². The minimum atomic E-state index is -3.69. The maximum absolute atomic E-state index is 13.5. The first-order valence-electron chi connectivity index (χ1n) is 8.79. The van der Waals surface area contributed by atoms with Crippen LogP contribution in [0.15, 0.2) is 35.5 Å². The minimum Gasteiger partial charge on any atom is -0.349 e. The van der Waals surface area contributed by atoms with E-state index in [0.29, 0.717) is 19.3 Å². The molecule has 8 nitrogen and oxygen atoms in total. The van der Waals surface area contributed by atoms with Crippen LogP contribution in [0.1, 0.15) is 41.6 Å². The Morgan fingerprint density at radius 3 is 2.75 bits per heavy atom. The van der Waals surface area contributed by atoms with Gasteiger partial charge in [-0.15, -0.1) is 0 Å². The van der Waals surface area contributed by atoms with Gasteiger partial charge in [-0.2, -0.15) is 10.4 Å². The van der Waals surface area contributed by atoms with Crippen LogP contribution < -0.4 is 10.0 Å². The summed E-state index contributed by atoms with van der Waals surface area (Å²) in [4.78, 5) is 12.5. The number of benzene rings is 1. The van der Waals surface area contributed by atoms with Gasteiger partial charge in [-0.3, -0.25) is 9.48 Å². The molecule has 1 amide bonds. The van der Waals surface area contributed by atoms with Crippen molar-refractivity contribution < 1.29 is 17.6 Å². The molecule has 2 N–H and O–H groups in total. The van der Waals surface area contributed by atoms with E-state index in [1.807, 2.05) is 6.07 Å². The second kappa shape index (κ2) is 8.08. The fraction of sp³-hybridized carbons (Fsp3) is 0.389. The molecule has 28 heavy (non-hydrogen) atoms. The number of rotatable bonds is 5. The zero-order valence-electron chi connectivity index (χ0n) is 15.2. The Morgan fingerprint density at radius 1 is 1.32 bits per heavy atom. The fourth-order valence-electron chi connectivity index (χ4n) is 3.31. The van der Waals surface area contributed by atoms with Gasteiger partial charge in [-0.05, 0) is 43.9 Å². The van der Waals surface area contributed by atoms with Gasteiger partial charge in [-0.1, -0.05) is 0 Å². The van der Waals surface area contributed by atoms with Crippen LogP contribution in [0.5, 0.6) is 0 Å². The number of amides is 1. The van der Waals surface area contributed by atoms with Crippen LogP contribution in [0.2, 0.25) is 0 Å². The summed E-state index contributed by atoms with van der Waals surface area (Å²) in [7, 11) is -2.06. The lowest BCUT2D eigenvalue weighted by Gasteiger charge is -2.30. The first-order valence-corrected chi connectivity index (χ1v) is 10.3. The number of carbonyl (C=O) groups is 1. The Balaban J connectivity index is 1.64. The Morgan fingerprint density at radius 2 is 2.07 bits per heavy atom. The summed E-state index contributed by atoms with van der Waals surface area (Å²) in [6.07, 6.45) is 5.20. The molecular weight excluding hydrogens is 385 g/mol. The highest BCUT2D eigenvalue weighted by Crippen LogP contribution is 2.21. The van der Waals surface area contributed by atoms with Crippen LogP contribution in [0.4, 0.5) is 4.39 Å². The van der Waals surface area contributed by atoms with E-state index in [4.69, 9.17) is 5.26 Å². The number of nitrogens with one attached hydrogen (secondary N) is 2. The van der Waals surface area contributed by atoms with E-state index in [0.717, 1.165) is 18.6 Å². The number of sulfonamides is 1. The monoisotopic (exact) mass is 405 g/mol. The maximum atomic E-state index is 13.5. The minimum absolute atomic E-state index is 0.0645. The molecule has 1 fully saturated rings. The van der Waals surface area contributed by atoms with E-state index in [2.05, 4.69) is 15.1 Å². The Bertz CT molecular complexity index is 1030. The summed E-state index contributed by atoms with van der Waals surface area (Å²) >= 11 is 0. The molecule has 0 saturated heterocycles. The number of aromatic nitrogens is 2. The molecule has 1 aromatic heterocycles. The van der Waals surface area contributed by atoms with Gasteiger partial charge in [0.2, 0.25) is 10.0 Å². The van der Waals surface area contributed by atoms with Gasteiger partial charge in [0.25, 0.3) is 5.91 Å². The number of nitrogens with zero attached hydrogens (tertiary/aromatic N) is 3. The summed E-state index contributed by atoms with van der Waals surface area (Å²) in [5.74, 6) is -1.15. The molecule has 1 aromatic carbocycles. The second-order valence-corrected chi connectivity index (χ2v) is 8.56. The lowest BCUT2D eigenvalue weighted by Crippen LogP contribution is -2.45. The highest BCUT2D eigenvalue weighted by atomic mass is 32.2. The average molecular weight is 405 g/mol. The molecule has 1 aliphatic rings. The van der Waals surface area contributed by atoms with Crippen molar-refractivity contribution in [3.63, 3.8) is 0 Å². The van der Waals surface area contributed by atoms with Gasteiger partial charge in [0, 0.05) is 30.9 Å². The maximum Gasteiger partial charge on any atom is 0.251 e. The molecule has 1 heterocycles. The number of aryl methyl sites for hydroxylation is 1. The molecule has 0 bridgehead atoms. The lowest BCUT2D eigenvalue weighted by atomic mass is 9.91. The predicted octanol–water partition coefficient (Wildman–Crippen LogP) is 1.45. The molecule has 1 saturated carbocycles. The third-order valence-corrected chi connectivity index (χ3v) is 6.09. The molecule has 1 aliphatic carbocycles. The third kappa shape index (κ3) is 4.74. The van der Waals surface area contributed by atoms with Crippen LogP contribution >= 0.6 is 0 Å². The zero-order chi connectivity index (χ0) is 20.3. The Kier molecular flexibility index (Phi) is 5.76. The first-order chi connectivity index (χ1) is 13.3. The number of nitriles is 1. The molecule has 0 unspecified atom stereocenters. The van der Waals surface area contributed by atoms with Gasteiger partial charge >= 0.3 is 0 Å². The number of carbonyl (C=O) groups excluding carboxylic acids is 1. The van der Waals surface area contributed by atoms with E-state index in [1.165, 1.54) is 23.1 Å². The normalized spacial score (nSPS) is 19.8. The van der Waals surface area contributed by atoms with Crippen molar-refractivity contribution in [1.29, 1.82) is 5.26 Å². The molecular formula is C18H20FN5O3S. The highest BCUT2D eigenvalue weighted by Gasteiger charge is 2.28. The van der Waals surface area contributed by atoms with E-state index in [9.17, 15) is 17.6 Å². The van der Waals surface area contributed by atoms with Crippen LogP contribution in [0, 0.1) is 17.1 Å². The molecule has 0 spiro atoms. The highest BCUT2D eigenvalue weighted by molar-refractivity contribution is 7.89. The van der Waals surface area contributed by atoms with Gasteiger partial charge < -0.3 is 5.32 Å². The Hall–Kier alpha value is -2.77. The molecule has 3 rings (SSSR count). The van der Waals surface area contributed by atoms with E-state index >= 15 is 0 Å². The fourth-order valence-corrected chi connectivity index (χ4v) is 4.57. The van der Waals surface area contributed by atoms with E-state index in [1.54, 1.807) is 7.05 Å². The van der Waals surface area contributed by atoms with Crippen LogP contribution in [-0.4, -0.2) is 36.2 Å². The zero-order valence-corrected chi connectivity index (χ0v) is 16.0. The third-order valence-electron chi connectivity index (χ3n) is 4.61. The van der Waals surface area contributed by atoms with Gasteiger partial charge in [0.05, 0.1) is 17.8 Å². The van der Waals surface area contributed by atoms with Crippen molar-refractivity contribution in [1.82, 2.24) is 19.8 Å². The summed E-state index contributed by atoms with van der Waals surface area (Å²) in [5.41, 5.74) is 0.130. The van der Waals surface area contributed by atoms with Gasteiger partial charge in [0.1, 0.15) is 10.7 Å². The molecule has 2 atom stereocenters. The summed E-state index contributed by atoms with van der Waals surface area (Å²) in [6.45, 7) is 0. The average Bonchev–Trinajstić information content (AvgIpc) is 3.08. The van der Waals surface area contributed by atoms with Gasteiger partial charge in [-0.25, -0.2) is 17.5 Å². The summed E-state index contributed by atoms with van der Waals surface area (Å²) < 4.78 is 42.5. The second-order valence-electron chi connectivity index (χ2n) is 6.85. The lowest BCUT2D eigenvalue weighted by molar-refractivity contribution is 0.0924. The Labute approximate surface area is 162 Å². The molecule has 0 aliphatic heterocycles. The van der Waals surface area contributed by atoms with Crippen LogP contribution in [0.3, 0.4) is 0 Å². The smallest absolute Gasteiger partial charge is 0.251 e. The number of halogens is 1. The largest absolute Gasteiger partial charge is 0.349 e. The standard InChI is InChI=1S/C18H20FN5O3S/c1-24-11-17(10-21-24)28(26,27)23-16-4-2-3-15(8-16)22-18(25)13-5-12(9-20)6-14(19)7-13/h5-7,10-11,15-16,23H,2-4,8H2,1H3,(H,22,25)/t15-,16-/m1/s1.